The molecular formula is C18H23N3O2S. The van der Waals surface area contributed by atoms with Crippen LogP contribution in [0.25, 0.3) is 0 Å². The molecule has 1 atom stereocenters. The molecule has 6 heteroatoms. The number of benzene rings is 1. The topological polar surface area (TPSA) is 65.5 Å². The number of thiazole rings is 1. The number of phenolic OH excluding ortho intramolecular Hbond substituents is 1. The Morgan fingerprint density at radius 2 is 2.33 bits per heavy atom. The number of nitrogens with zero attached hydrogens (tertiary/aromatic N) is 2. The molecule has 1 aromatic heterocycles. The molecular weight excluding hydrogens is 322 g/mol. The third-order valence-corrected chi connectivity index (χ3v) is 5.36. The Labute approximate surface area is 146 Å². The molecule has 1 unspecified atom stereocenters. The van der Waals surface area contributed by atoms with Crippen molar-refractivity contribution in [2.24, 2.45) is 0 Å². The number of carbonyl (C=O) groups excluding carboxylic acids is 1. The number of carbonyl (C=O) groups is 1. The van der Waals surface area contributed by atoms with Gasteiger partial charge in [0.2, 0.25) is 0 Å². The molecule has 5 nitrogen and oxygen atoms in total. The van der Waals surface area contributed by atoms with Crippen LogP contribution in [-0.2, 0) is 6.42 Å². The van der Waals surface area contributed by atoms with E-state index in [0.717, 1.165) is 49.3 Å². The summed E-state index contributed by atoms with van der Waals surface area (Å²) in [5.74, 6) is 0.333. The standard InChI is InChI=1S/C18H23N3O2S/c1-19-18-20-16(12-24-18)17(23)21-10-3-2-6-14(21)9-8-13-5-4-7-15(22)11-13/h4-5,7,11-12,14,22H,2-3,6,8-10H2,1H3,(H,19,20). The van der Waals surface area contributed by atoms with Gasteiger partial charge in [0, 0.05) is 25.0 Å². The predicted molar refractivity (Wildman–Crippen MR) is 96.8 cm³/mol. The van der Waals surface area contributed by atoms with E-state index in [9.17, 15) is 9.90 Å². The van der Waals surface area contributed by atoms with Crippen LogP contribution in [0.1, 0.15) is 41.7 Å². The van der Waals surface area contributed by atoms with Gasteiger partial charge >= 0.3 is 0 Å². The number of aryl methyl sites for hydroxylation is 1. The van der Waals surface area contributed by atoms with Crippen LogP contribution in [0.4, 0.5) is 5.13 Å². The highest BCUT2D eigenvalue weighted by Crippen LogP contribution is 2.25. The van der Waals surface area contributed by atoms with Gasteiger partial charge in [-0.3, -0.25) is 4.79 Å². The lowest BCUT2D eigenvalue weighted by atomic mass is 9.95. The number of piperidine rings is 1. The van der Waals surface area contributed by atoms with E-state index >= 15 is 0 Å². The van der Waals surface area contributed by atoms with E-state index < -0.39 is 0 Å². The average Bonchev–Trinajstić information content (AvgIpc) is 3.09. The van der Waals surface area contributed by atoms with Crippen LogP contribution in [-0.4, -0.2) is 40.5 Å². The summed E-state index contributed by atoms with van der Waals surface area (Å²) in [6.45, 7) is 0.802. The molecule has 1 saturated heterocycles. The maximum Gasteiger partial charge on any atom is 0.273 e. The minimum atomic E-state index is 0.0355. The fraction of sp³-hybridized carbons (Fsp3) is 0.444. The van der Waals surface area contributed by atoms with Gasteiger partial charge in [0.05, 0.1) is 0 Å². The summed E-state index contributed by atoms with van der Waals surface area (Å²) in [6.07, 6.45) is 5.03. The number of aromatic hydroxyl groups is 1. The molecule has 1 aliphatic heterocycles. The number of rotatable bonds is 5. The van der Waals surface area contributed by atoms with Crippen molar-refractivity contribution in [2.75, 3.05) is 18.9 Å². The van der Waals surface area contributed by atoms with Crippen LogP contribution < -0.4 is 5.32 Å². The first kappa shape index (κ1) is 16.8. The molecule has 2 aromatic rings. The van der Waals surface area contributed by atoms with Crippen LogP contribution in [0.2, 0.25) is 0 Å². The molecule has 0 aliphatic carbocycles. The average molecular weight is 345 g/mol. The lowest BCUT2D eigenvalue weighted by Crippen LogP contribution is -2.44. The van der Waals surface area contributed by atoms with Crippen LogP contribution in [0.3, 0.4) is 0 Å². The van der Waals surface area contributed by atoms with E-state index in [1.54, 1.807) is 12.1 Å². The van der Waals surface area contributed by atoms with Crippen molar-refractivity contribution < 1.29 is 9.90 Å². The first-order chi connectivity index (χ1) is 11.7. The van der Waals surface area contributed by atoms with Gasteiger partial charge in [0.25, 0.3) is 5.91 Å². The molecule has 3 rings (SSSR count). The van der Waals surface area contributed by atoms with Gasteiger partial charge in [-0.25, -0.2) is 4.98 Å². The molecule has 0 saturated carbocycles. The van der Waals surface area contributed by atoms with Gasteiger partial charge in [-0.15, -0.1) is 11.3 Å². The fourth-order valence-electron chi connectivity index (χ4n) is 3.25. The number of phenols is 1. The van der Waals surface area contributed by atoms with Gasteiger partial charge in [-0.2, -0.15) is 0 Å². The van der Waals surface area contributed by atoms with Crippen molar-refractivity contribution in [3.05, 3.63) is 40.9 Å². The molecule has 0 spiro atoms. The molecule has 128 valence electrons. The number of amides is 1. The SMILES string of the molecule is CNc1nc(C(=O)N2CCCCC2CCc2cccc(O)c2)cs1. The molecule has 2 heterocycles. The lowest BCUT2D eigenvalue weighted by Gasteiger charge is -2.35. The zero-order valence-corrected chi connectivity index (χ0v) is 14.7. The van der Waals surface area contributed by atoms with E-state index in [1.807, 2.05) is 29.5 Å². The normalized spacial score (nSPS) is 17.7. The number of hydrogen-bond acceptors (Lipinski definition) is 5. The third-order valence-electron chi connectivity index (χ3n) is 4.50. The van der Waals surface area contributed by atoms with Gasteiger partial charge < -0.3 is 15.3 Å². The Morgan fingerprint density at radius 1 is 1.46 bits per heavy atom. The van der Waals surface area contributed by atoms with Gasteiger partial charge in [-0.05, 0) is 49.8 Å². The molecule has 24 heavy (non-hydrogen) atoms. The molecule has 1 aromatic carbocycles. The summed E-state index contributed by atoms with van der Waals surface area (Å²) in [7, 11) is 1.81. The highest BCUT2D eigenvalue weighted by Gasteiger charge is 2.28. The Bertz CT molecular complexity index is 701. The largest absolute Gasteiger partial charge is 0.508 e. The summed E-state index contributed by atoms with van der Waals surface area (Å²) in [4.78, 5) is 19.1. The molecule has 1 amide bonds. The highest BCUT2D eigenvalue weighted by molar-refractivity contribution is 7.13. The smallest absolute Gasteiger partial charge is 0.273 e. The zero-order valence-electron chi connectivity index (χ0n) is 13.9. The summed E-state index contributed by atoms with van der Waals surface area (Å²) in [5, 5.41) is 15.2. The second kappa shape index (κ2) is 7.66. The van der Waals surface area contributed by atoms with Crippen molar-refractivity contribution >= 4 is 22.4 Å². The van der Waals surface area contributed by atoms with Crippen molar-refractivity contribution in [2.45, 2.75) is 38.1 Å². The summed E-state index contributed by atoms with van der Waals surface area (Å²) < 4.78 is 0. The Hall–Kier alpha value is -2.08. The van der Waals surface area contributed by atoms with E-state index in [1.165, 1.54) is 11.3 Å². The van der Waals surface area contributed by atoms with Gasteiger partial charge in [-0.1, -0.05) is 12.1 Å². The Kier molecular flexibility index (Phi) is 5.35. The summed E-state index contributed by atoms with van der Waals surface area (Å²) >= 11 is 1.46. The first-order valence-corrected chi connectivity index (χ1v) is 9.27. The number of hydrogen-bond donors (Lipinski definition) is 2. The van der Waals surface area contributed by atoms with Gasteiger partial charge in [0.1, 0.15) is 11.4 Å². The molecule has 1 fully saturated rings. The molecule has 0 bridgehead atoms. The van der Waals surface area contributed by atoms with Crippen LogP contribution >= 0.6 is 11.3 Å². The van der Waals surface area contributed by atoms with Crippen molar-refractivity contribution in [3.63, 3.8) is 0 Å². The third kappa shape index (κ3) is 3.87. The maximum absolute atomic E-state index is 12.8. The van der Waals surface area contributed by atoms with Crippen molar-refractivity contribution in [1.29, 1.82) is 0 Å². The second-order valence-corrected chi connectivity index (χ2v) is 7.00. The summed E-state index contributed by atoms with van der Waals surface area (Å²) in [5.41, 5.74) is 1.65. The van der Waals surface area contributed by atoms with E-state index in [2.05, 4.69) is 10.3 Å². The molecule has 2 N–H and O–H groups in total. The highest BCUT2D eigenvalue weighted by atomic mass is 32.1. The van der Waals surface area contributed by atoms with Crippen LogP contribution in [0, 0.1) is 0 Å². The van der Waals surface area contributed by atoms with Crippen molar-refractivity contribution in [3.8, 4) is 5.75 Å². The van der Waals surface area contributed by atoms with E-state index in [4.69, 9.17) is 0 Å². The fourth-order valence-corrected chi connectivity index (χ4v) is 3.89. The number of likely N-dealkylation sites (tertiary alicyclic amines) is 1. The predicted octanol–water partition coefficient (Wildman–Crippen LogP) is 3.52. The maximum atomic E-state index is 12.8. The van der Waals surface area contributed by atoms with E-state index in [-0.39, 0.29) is 11.9 Å². The minimum absolute atomic E-state index is 0.0355. The second-order valence-electron chi connectivity index (χ2n) is 6.14. The van der Waals surface area contributed by atoms with Crippen LogP contribution in [0.15, 0.2) is 29.6 Å². The minimum Gasteiger partial charge on any atom is -0.508 e. The lowest BCUT2D eigenvalue weighted by molar-refractivity contribution is 0.0596. The van der Waals surface area contributed by atoms with Crippen LogP contribution in [0.5, 0.6) is 5.75 Å². The molecule has 1 aliphatic rings. The number of aromatic nitrogens is 1. The van der Waals surface area contributed by atoms with Gasteiger partial charge in [0.15, 0.2) is 5.13 Å². The van der Waals surface area contributed by atoms with E-state index in [0.29, 0.717) is 11.4 Å². The van der Waals surface area contributed by atoms with Crippen molar-refractivity contribution in [1.82, 2.24) is 9.88 Å². The first-order valence-electron chi connectivity index (χ1n) is 8.39. The Morgan fingerprint density at radius 3 is 3.08 bits per heavy atom. The quantitative estimate of drug-likeness (QED) is 0.870. The Balaban J connectivity index is 1.67. The summed E-state index contributed by atoms with van der Waals surface area (Å²) in [6, 6.07) is 7.61. The number of nitrogens with one attached hydrogen (secondary N) is 1. The zero-order chi connectivity index (χ0) is 16.9. The molecule has 0 radical (unpaired) electrons. The number of anilines is 1. The monoisotopic (exact) mass is 345 g/mol.